The maximum absolute atomic E-state index is 12.4. The van der Waals surface area contributed by atoms with E-state index in [9.17, 15) is 9.90 Å². The lowest BCUT2D eigenvalue weighted by molar-refractivity contribution is -0.136. The average Bonchev–Trinajstić information content (AvgIpc) is 2.40. The third-order valence-corrected chi connectivity index (χ3v) is 3.82. The van der Waals surface area contributed by atoms with E-state index in [1.165, 1.54) is 0 Å². The largest absolute Gasteiger partial charge is 0.508 e. The van der Waals surface area contributed by atoms with Crippen molar-refractivity contribution in [1.82, 2.24) is 9.80 Å². The van der Waals surface area contributed by atoms with E-state index in [2.05, 4.69) is 18.9 Å². The molecular formula is C15H23N3O2. The number of carbonyl (C=O) groups is 1. The lowest BCUT2D eigenvalue weighted by Gasteiger charge is -2.39. The number of phenols is 1. The summed E-state index contributed by atoms with van der Waals surface area (Å²) in [7, 11) is 2.06. The van der Waals surface area contributed by atoms with Crippen LogP contribution in [0.25, 0.3) is 0 Å². The Kier molecular flexibility index (Phi) is 4.62. The Hall–Kier alpha value is -1.59. The number of carbonyl (C=O) groups excluding carboxylic acids is 1. The second-order valence-electron chi connectivity index (χ2n) is 5.62. The molecule has 1 amide bonds. The molecule has 1 aliphatic heterocycles. The molecule has 0 radical (unpaired) electrons. The van der Waals surface area contributed by atoms with Crippen LogP contribution in [-0.4, -0.2) is 59.6 Å². The second-order valence-corrected chi connectivity index (χ2v) is 5.62. The Bertz CT molecular complexity index is 461. The molecule has 20 heavy (non-hydrogen) atoms. The van der Waals surface area contributed by atoms with Gasteiger partial charge in [0, 0.05) is 25.7 Å². The summed E-state index contributed by atoms with van der Waals surface area (Å²) in [5.41, 5.74) is 7.01. The van der Waals surface area contributed by atoms with E-state index < -0.39 is 6.04 Å². The summed E-state index contributed by atoms with van der Waals surface area (Å²) in [6, 6.07) is 6.51. The van der Waals surface area contributed by atoms with Gasteiger partial charge in [0.1, 0.15) is 5.75 Å². The van der Waals surface area contributed by atoms with Crippen LogP contribution in [0.15, 0.2) is 24.3 Å². The monoisotopic (exact) mass is 277 g/mol. The summed E-state index contributed by atoms with van der Waals surface area (Å²) in [6.45, 7) is 4.57. The maximum atomic E-state index is 12.4. The van der Waals surface area contributed by atoms with E-state index in [1.54, 1.807) is 24.3 Å². The van der Waals surface area contributed by atoms with E-state index >= 15 is 0 Å². The zero-order valence-electron chi connectivity index (χ0n) is 12.1. The quantitative estimate of drug-likeness (QED) is 0.840. The molecule has 1 aromatic carbocycles. The molecule has 1 saturated heterocycles. The smallest absolute Gasteiger partial charge is 0.240 e. The van der Waals surface area contributed by atoms with Crippen molar-refractivity contribution in [1.29, 1.82) is 0 Å². The highest BCUT2D eigenvalue weighted by atomic mass is 16.3. The number of rotatable bonds is 3. The van der Waals surface area contributed by atoms with Crippen LogP contribution in [0.1, 0.15) is 12.5 Å². The molecule has 5 heteroatoms. The van der Waals surface area contributed by atoms with E-state index in [0.717, 1.165) is 25.2 Å². The molecule has 1 heterocycles. The third kappa shape index (κ3) is 3.49. The van der Waals surface area contributed by atoms with Gasteiger partial charge in [-0.2, -0.15) is 0 Å². The van der Waals surface area contributed by atoms with Gasteiger partial charge in [-0.15, -0.1) is 0 Å². The summed E-state index contributed by atoms with van der Waals surface area (Å²) in [5, 5.41) is 9.25. The molecule has 0 saturated carbocycles. The molecule has 2 unspecified atom stereocenters. The van der Waals surface area contributed by atoms with Crippen molar-refractivity contribution in [2.75, 3.05) is 26.7 Å². The number of amides is 1. The first kappa shape index (κ1) is 14.8. The fourth-order valence-corrected chi connectivity index (χ4v) is 2.65. The topological polar surface area (TPSA) is 69.8 Å². The number of benzene rings is 1. The van der Waals surface area contributed by atoms with Crippen molar-refractivity contribution in [3.05, 3.63) is 29.8 Å². The minimum absolute atomic E-state index is 0.0127. The number of aromatic hydroxyl groups is 1. The summed E-state index contributed by atoms with van der Waals surface area (Å²) in [4.78, 5) is 16.5. The molecule has 2 atom stereocenters. The van der Waals surface area contributed by atoms with Crippen LogP contribution < -0.4 is 5.73 Å². The lowest BCUT2D eigenvalue weighted by atomic mass is 10.0. The Morgan fingerprint density at radius 3 is 2.65 bits per heavy atom. The molecule has 5 nitrogen and oxygen atoms in total. The number of likely N-dealkylation sites (N-methyl/N-ethyl adjacent to an activating group) is 1. The summed E-state index contributed by atoms with van der Waals surface area (Å²) >= 11 is 0. The fraction of sp³-hybridized carbons (Fsp3) is 0.533. The van der Waals surface area contributed by atoms with Crippen LogP contribution in [0.5, 0.6) is 5.75 Å². The molecule has 2 rings (SSSR count). The first-order valence-electron chi connectivity index (χ1n) is 7.00. The van der Waals surface area contributed by atoms with Gasteiger partial charge in [-0.05, 0) is 38.1 Å². The lowest BCUT2D eigenvalue weighted by Crippen LogP contribution is -2.57. The summed E-state index contributed by atoms with van der Waals surface area (Å²) in [6.07, 6.45) is 0.498. The molecular weight excluding hydrogens is 254 g/mol. The molecule has 3 N–H and O–H groups in total. The highest BCUT2D eigenvalue weighted by Gasteiger charge is 2.29. The van der Waals surface area contributed by atoms with Gasteiger partial charge < -0.3 is 20.6 Å². The summed E-state index contributed by atoms with van der Waals surface area (Å²) < 4.78 is 0. The van der Waals surface area contributed by atoms with Crippen molar-refractivity contribution in [3.63, 3.8) is 0 Å². The van der Waals surface area contributed by atoms with E-state index in [1.807, 2.05) is 4.90 Å². The van der Waals surface area contributed by atoms with Crippen molar-refractivity contribution < 1.29 is 9.90 Å². The van der Waals surface area contributed by atoms with Gasteiger partial charge in [0.05, 0.1) is 6.04 Å². The van der Waals surface area contributed by atoms with Crippen LogP contribution in [-0.2, 0) is 11.2 Å². The number of hydrogen-bond donors (Lipinski definition) is 2. The fourth-order valence-electron chi connectivity index (χ4n) is 2.65. The standard InChI is InChI=1S/C15H23N3O2/c1-11-10-17(2)7-8-18(11)15(20)14(16)9-12-3-5-13(19)6-4-12/h3-6,11,14,19H,7-10,16H2,1-2H3. The first-order valence-corrected chi connectivity index (χ1v) is 7.00. The molecule has 0 spiro atoms. The number of piperazine rings is 1. The minimum atomic E-state index is -0.523. The molecule has 0 bridgehead atoms. The van der Waals surface area contributed by atoms with Gasteiger partial charge in [-0.25, -0.2) is 0 Å². The van der Waals surface area contributed by atoms with Crippen molar-refractivity contribution >= 4 is 5.91 Å². The maximum Gasteiger partial charge on any atom is 0.240 e. The molecule has 0 aliphatic carbocycles. The Balaban J connectivity index is 1.96. The van der Waals surface area contributed by atoms with E-state index in [-0.39, 0.29) is 17.7 Å². The van der Waals surface area contributed by atoms with Crippen molar-refractivity contribution in [2.45, 2.75) is 25.4 Å². The zero-order valence-corrected chi connectivity index (χ0v) is 12.1. The highest BCUT2D eigenvalue weighted by molar-refractivity contribution is 5.82. The van der Waals surface area contributed by atoms with Gasteiger partial charge >= 0.3 is 0 Å². The van der Waals surface area contributed by atoms with E-state index in [4.69, 9.17) is 5.73 Å². The number of nitrogens with zero attached hydrogens (tertiary/aromatic N) is 2. The number of hydrogen-bond acceptors (Lipinski definition) is 4. The molecule has 1 fully saturated rings. The molecule has 110 valence electrons. The molecule has 0 aromatic heterocycles. The highest BCUT2D eigenvalue weighted by Crippen LogP contribution is 2.14. The Morgan fingerprint density at radius 1 is 1.40 bits per heavy atom. The van der Waals surface area contributed by atoms with Gasteiger partial charge in [-0.3, -0.25) is 4.79 Å². The summed E-state index contributed by atoms with van der Waals surface area (Å²) in [5.74, 6) is 0.236. The van der Waals surface area contributed by atoms with E-state index in [0.29, 0.717) is 6.42 Å². The van der Waals surface area contributed by atoms with Crippen LogP contribution in [0.4, 0.5) is 0 Å². The van der Waals surface area contributed by atoms with Crippen LogP contribution in [0.3, 0.4) is 0 Å². The molecule has 1 aromatic rings. The predicted molar refractivity (Wildman–Crippen MR) is 78.5 cm³/mol. The Morgan fingerprint density at radius 2 is 2.05 bits per heavy atom. The zero-order chi connectivity index (χ0) is 14.7. The van der Waals surface area contributed by atoms with Crippen LogP contribution in [0.2, 0.25) is 0 Å². The van der Waals surface area contributed by atoms with Crippen molar-refractivity contribution in [3.8, 4) is 5.75 Å². The number of nitrogens with two attached hydrogens (primary N) is 1. The first-order chi connectivity index (χ1) is 9.47. The minimum Gasteiger partial charge on any atom is -0.508 e. The Labute approximate surface area is 120 Å². The molecule has 1 aliphatic rings. The van der Waals surface area contributed by atoms with Crippen LogP contribution >= 0.6 is 0 Å². The van der Waals surface area contributed by atoms with Gasteiger partial charge in [0.2, 0.25) is 5.91 Å². The average molecular weight is 277 g/mol. The van der Waals surface area contributed by atoms with Gasteiger partial charge in [0.15, 0.2) is 0 Å². The number of phenolic OH excluding ortho intramolecular Hbond substituents is 1. The normalized spacial score (nSPS) is 21.8. The second kappa shape index (κ2) is 6.24. The predicted octanol–water partition coefficient (Wildman–Crippen LogP) is 0.425. The third-order valence-electron chi connectivity index (χ3n) is 3.82. The SMILES string of the molecule is CC1CN(C)CCN1C(=O)C(N)Cc1ccc(O)cc1. The van der Waals surface area contributed by atoms with Gasteiger partial charge in [-0.1, -0.05) is 12.1 Å². The van der Waals surface area contributed by atoms with Crippen LogP contribution in [0, 0.1) is 0 Å². The van der Waals surface area contributed by atoms with Crippen molar-refractivity contribution in [2.24, 2.45) is 5.73 Å². The van der Waals surface area contributed by atoms with Gasteiger partial charge in [0.25, 0.3) is 0 Å².